The molecule has 0 spiro atoms. The summed E-state index contributed by atoms with van der Waals surface area (Å²) >= 11 is 0. The minimum absolute atomic E-state index is 0.146. The van der Waals surface area contributed by atoms with Crippen LogP contribution in [0.3, 0.4) is 0 Å². The van der Waals surface area contributed by atoms with Crippen molar-refractivity contribution in [3.8, 4) is 0 Å². The molecular weight excluding hydrogens is 280 g/mol. The van der Waals surface area contributed by atoms with E-state index < -0.39 is 22.7 Å². The normalized spacial score (nSPS) is 16.1. The fourth-order valence-corrected chi connectivity index (χ4v) is 3.89. The van der Waals surface area contributed by atoms with Crippen LogP contribution in [0.5, 0.6) is 0 Å². The zero-order valence-electron chi connectivity index (χ0n) is 11.3. The van der Waals surface area contributed by atoms with E-state index >= 15 is 0 Å². The van der Waals surface area contributed by atoms with Crippen molar-refractivity contribution >= 4 is 16.2 Å². The van der Waals surface area contributed by atoms with Crippen LogP contribution < -0.4 is 0 Å². The lowest BCUT2D eigenvalue weighted by molar-refractivity contribution is -0.137. The van der Waals surface area contributed by atoms with E-state index in [2.05, 4.69) is 0 Å². The molecule has 0 fully saturated rings. The van der Waals surface area contributed by atoms with Gasteiger partial charge in [-0.15, -0.1) is 0 Å². The topological polar surface area (TPSA) is 77.9 Å². The van der Waals surface area contributed by atoms with Crippen LogP contribution in [0.25, 0.3) is 0 Å². The molecule has 2 rings (SSSR count). The standard InChI is InChI=1S/C13H18N2O4S/c1-2-14(10-13(16)17)20(18,19)15-8-7-11-5-3-4-6-12(11)9-15/h3-6H,2,7-10H2,1H3,(H,16,17). The van der Waals surface area contributed by atoms with Gasteiger partial charge in [-0.05, 0) is 17.5 Å². The van der Waals surface area contributed by atoms with Crippen LogP contribution in [0.2, 0.25) is 0 Å². The molecule has 20 heavy (non-hydrogen) atoms. The van der Waals surface area contributed by atoms with Gasteiger partial charge in [0.1, 0.15) is 6.54 Å². The minimum Gasteiger partial charge on any atom is -0.480 e. The number of likely N-dealkylation sites (N-methyl/N-ethyl adjacent to an activating group) is 1. The Hall–Kier alpha value is -1.44. The van der Waals surface area contributed by atoms with Gasteiger partial charge in [0.25, 0.3) is 10.2 Å². The molecule has 1 N–H and O–H groups in total. The van der Waals surface area contributed by atoms with Crippen molar-refractivity contribution in [3.63, 3.8) is 0 Å². The van der Waals surface area contributed by atoms with Crippen LogP contribution in [-0.4, -0.2) is 47.7 Å². The second kappa shape index (κ2) is 5.90. The number of hydrogen-bond acceptors (Lipinski definition) is 3. The highest BCUT2D eigenvalue weighted by Gasteiger charge is 2.32. The number of fused-ring (bicyclic) bond motifs is 1. The highest BCUT2D eigenvalue weighted by molar-refractivity contribution is 7.86. The molecule has 0 bridgehead atoms. The molecule has 1 aromatic rings. The molecule has 6 nitrogen and oxygen atoms in total. The number of carboxylic acid groups (broad SMARTS) is 1. The third-order valence-electron chi connectivity index (χ3n) is 3.41. The number of benzene rings is 1. The van der Waals surface area contributed by atoms with Crippen LogP contribution in [-0.2, 0) is 28.0 Å². The zero-order valence-corrected chi connectivity index (χ0v) is 12.1. The van der Waals surface area contributed by atoms with Crippen molar-refractivity contribution in [3.05, 3.63) is 35.4 Å². The van der Waals surface area contributed by atoms with Crippen molar-refractivity contribution in [2.45, 2.75) is 19.9 Å². The number of carbonyl (C=O) groups is 1. The summed E-state index contributed by atoms with van der Waals surface area (Å²) in [6, 6.07) is 7.72. The van der Waals surface area contributed by atoms with Gasteiger partial charge in [-0.2, -0.15) is 17.0 Å². The first-order valence-electron chi connectivity index (χ1n) is 6.49. The average molecular weight is 298 g/mol. The predicted molar refractivity (Wildman–Crippen MR) is 74.4 cm³/mol. The summed E-state index contributed by atoms with van der Waals surface area (Å²) < 4.78 is 27.2. The molecule has 0 saturated heterocycles. The van der Waals surface area contributed by atoms with Gasteiger partial charge in [-0.1, -0.05) is 31.2 Å². The summed E-state index contributed by atoms with van der Waals surface area (Å²) in [5, 5.41) is 8.81. The molecule has 7 heteroatoms. The maximum Gasteiger partial charge on any atom is 0.318 e. The van der Waals surface area contributed by atoms with Crippen molar-refractivity contribution in [1.82, 2.24) is 8.61 Å². The number of hydrogen-bond donors (Lipinski definition) is 1. The maximum atomic E-state index is 12.5. The number of nitrogens with zero attached hydrogens (tertiary/aromatic N) is 2. The number of carboxylic acids is 1. The summed E-state index contributed by atoms with van der Waals surface area (Å²) in [4.78, 5) is 10.8. The van der Waals surface area contributed by atoms with Gasteiger partial charge < -0.3 is 5.11 Å². The molecule has 1 aliphatic rings. The van der Waals surface area contributed by atoms with Crippen LogP contribution in [0.1, 0.15) is 18.1 Å². The first kappa shape index (κ1) is 15.0. The van der Waals surface area contributed by atoms with Crippen LogP contribution in [0.4, 0.5) is 0 Å². The Bertz CT molecular complexity index is 600. The summed E-state index contributed by atoms with van der Waals surface area (Å²) in [6.07, 6.45) is 0.653. The second-order valence-corrected chi connectivity index (χ2v) is 6.61. The molecule has 1 heterocycles. The fraction of sp³-hybridized carbons (Fsp3) is 0.462. The summed E-state index contributed by atoms with van der Waals surface area (Å²) in [5.74, 6) is -1.15. The molecule has 0 unspecified atom stereocenters. The lowest BCUT2D eigenvalue weighted by Crippen LogP contribution is -2.47. The molecule has 1 aromatic carbocycles. The molecule has 0 aliphatic carbocycles. The Morgan fingerprint density at radius 2 is 2.00 bits per heavy atom. The fourth-order valence-electron chi connectivity index (χ4n) is 2.34. The Morgan fingerprint density at radius 3 is 2.60 bits per heavy atom. The Morgan fingerprint density at radius 1 is 1.35 bits per heavy atom. The molecule has 110 valence electrons. The lowest BCUT2D eigenvalue weighted by atomic mass is 10.0. The van der Waals surface area contributed by atoms with Gasteiger partial charge in [0.2, 0.25) is 0 Å². The summed E-state index contributed by atoms with van der Waals surface area (Å²) in [6.45, 7) is 1.96. The van der Waals surface area contributed by atoms with E-state index in [1.165, 1.54) is 4.31 Å². The van der Waals surface area contributed by atoms with Gasteiger partial charge in [0, 0.05) is 19.6 Å². The third kappa shape index (κ3) is 3.00. The maximum absolute atomic E-state index is 12.5. The van der Waals surface area contributed by atoms with Gasteiger partial charge in [0.15, 0.2) is 0 Å². The van der Waals surface area contributed by atoms with E-state index in [0.717, 1.165) is 15.4 Å². The van der Waals surface area contributed by atoms with Crippen molar-refractivity contribution in [1.29, 1.82) is 0 Å². The highest BCUT2D eigenvalue weighted by atomic mass is 32.2. The largest absolute Gasteiger partial charge is 0.480 e. The smallest absolute Gasteiger partial charge is 0.318 e. The third-order valence-corrected chi connectivity index (χ3v) is 5.42. The van der Waals surface area contributed by atoms with Gasteiger partial charge in [-0.25, -0.2) is 0 Å². The van der Waals surface area contributed by atoms with Gasteiger partial charge in [-0.3, -0.25) is 4.79 Å². The van der Waals surface area contributed by atoms with E-state index in [1.807, 2.05) is 24.3 Å². The molecular formula is C13H18N2O4S. The molecule has 0 radical (unpaired) electrons. The molecule has 0 aromatic heterocycles. The quantitative estimate of drug-likeness (QED) is 0.868. The van der Waals surface area contributed by atoms with E-state index in [9.17, 15) is 13.2 Å². The van der Waals surface area contributed by atoms with Gasteiger partial charge in [0.05, 0.1) is 0 Å². The van der Waals surface area contributed by atoms with E-state index in [0.29, 0.717) is 19.5 Å². The van der Waals surface area contributed by atoms with Crippen molar-refractivity contribution < 1.29 is 18.3 Å². The van der Waals surface area contributed by atoms with Crippen LogP contribution in [0, 0.1) is 0 Å². The van der Waals surface area contributed by atoms with Gasteiger partial charge >= 0.3 is 5.97 Å². The minimum atomic E-state index is -3.73. The van der Waals surface area contributed by atoms with Crippen molar-refractivity contribution in [2.24, 2.45) is 0 Å². The second-order valence-electron chi connectivity index (χ2n) is 4.68. The highest BCUT2D eigenvalue weighted by Crippen LogP contribution is 2.22. The van der Waals surface area contributed by atoms with Crippen LogP contribution in [0.15, 0.2) is 24.3 Å². The Kier molecular flexibility index (Phi) is 4.42. The summed E-state index contributed by atoms with van der Waals surface area (Å²) in [7, 11) is -3.73. The van der Waals surface area contributed by atoms with E-state index in [-0.39, 0.29) is 6.54 Å². The average Bonchev–Trinajstić information content (AvgIpc) is 2.43. The lowest BCUT2D eigenvalue weighted by Gasteiger charge is -2.32. The van der Waals surface area contributed by atoms with Crippen LogP contribution >= 0.6 is 0 Å². The number of rotatable bonds is 5. The SMILES string of the molecule is CCN(CC(=O)O)S(=O)(=O)N1CCc2ccccc2C1. The molecule has 0 amide bonds. The zero-order chi connectivity index (χ0) is 14.8. The molecule has 1 aliphatic heterocycles. The molecule has 0 atom stereocenters. The first-order valence-corrected chi connectivity index (χ1v) is 7.88. The van der Waals surface area contributed by atoms with Crippen molar-refractivity contribution in [2.75, 3.05) is 19.6 Å². The number of aliphatic carboxylic acids is 1. The van der Waals surface area contributed by atoms with E-state index in [1.54, 1.807) is 6.92 Å². The molecule has 0 saturated carbocycles. The first-order chi connectivity index (χ1) is 9.45. The Labute approximate surface area is 118 Å². The monoisotopic (exact) mass is 298 g/mol. The summed E-state index contributed by atoms with van der Waals surface area (Å²) in [5.41, 5.74) is 2.13. The predicted octanol–water partition coefficient (Wildman–Crippen LogP) is 0.696. The van der Waals surface area contributed by atoms with E-state index in [4.69, 9.17) is 5.11 Å². The Balaban J connectivity index is 2.21.